The minimum Gasteiger partial charge on any atom is -0.328 e. The summed E-state index contributed by atoms with van der Waals surface area (Å²) in [5.74, 6) is 0.0787. The smallest absolute Gasteiger partial charge is 0.0968 e. The van der Waals surface area contributed by atoms with Gasteiger partial charge in [-0.15, -0.1) is 0 Å². The van der Waals surface area contributed by atoms with E-state index < -0.39 is 6.04 Å². The van der Waals surface area contributed by atoms with Gasteiger partial charge in [0.1, 0.15) is 0 Å². The Morgan fingerprint density at radius 1 is 1.33 bits per heavy atom. The van der Waals surface area contributed by atoms with Crippen LogP contribution in [0.5, 0.6) is 0 Å². The molecule has 0 amide bonds. The van der Waals surface area contributed by atoms with Crippen molar-refractivity contribution in [1.29, 1.82) is 5.26 Å². The van der Waals surface area contributed by atoms with Gasteiger partial charge in [-0.2, -0.15) is 5.26 Å². The maximum atomic E-state index is 8.32. The first-order valence-corrected chi connectivity index (χ1v) is 3.00. The zero-order chi connectivity index (χ0) is 7.44. The number of hydrogen-bond donors (Lipinski definition) is 2. The van der Waals surface area contributed by atoms with Crippen LogP contribution in [-0.4, -0.2) is 12.1 Å². The van der Waals surface area contributed by atoms with Crippen LogP contribution >= 0.6 is 0 Å². The summed E-state index contributed by atoms with van der Waals surface area (Å²) in [6.07, 6.45) is 0. The molecule has 0 saturated carbocycles. The highest BCUT2D eigenvalue weighted by Crippen LogP contribution is 2.02. The van der Waals surface area contributed by atoms with Crippen LogP contribution in [0.15, 0.2) is 0 Å². The molecule has 3 heteroatoms. The summed E-state index contributed by atoms with van der Waals surface area (Å²) in [6, 6.07) is 1.52. The van der Waals surface area contributed by atoms with E-state index in [0.29, 0.717) is 0 Å². The number of rotatable bonds is 2. The second-order valence-electron chi connectivity index (χ2n) is 2.37. The van der Waals surface area contributed by atoms with Crippen LogP contribution in [0.4, 0.5) is 0 Å². The zero-order valence-corrected chi connectivity index (χ0v) is 5.83. The molecule has 9 heavy (non-hydrogen) atoms. The van der Waals surface area contributed by atoms with Crippen LogP contribution in [-0.2, 0) is 0 Å². The molecule has 0 heterocycles. The molecule has 0 spiro atoms. The Bertz CT molecular complexity index is 114. The molecule has 0 rings (SSSR count). The van der Waals surface area contributed by atoms with Crippen molar-refractivity contribution in [3.8, 4) is 6.07 Å². The van der Waals surface area contributed by atoms with Crippen molar-refractivity contribution in [1.82, 2.24) is 0 Å². The van der Waals surface area contributed by atoms with Crippen molar-refractivity contribution in [2.75, 3.05) is 0 Å². The van der Waals surface area contributed by atoms with Gasteiger partial charge >= 0.3 is 0 Å². The fourth-order valence-corrected chi connectivity index (χ4v) is 0.445. The highest BCUT2D eigenvalue weighted by atomic mass is 14.7. The highest BCUT2D eigenvalue weighted by molar-refractivity contribution is 4.92. The molecule has 4 N–H and O–H groups in total. The molecule has 0 aromatic heterocycles. The van der Waals surface area contributed by atoms with Crippen molar-refractivity contribution >= 4 is 0 Å². The predicted molar refractivity (Wildman–Crippen MR) is 36.4 cm³/mol. The molecule has 0 aliphatic carbocycles. The normalized spacial score (nSPS) is 19.9. The first kappa shape index (κ1) is 8.41. The van der Waals surface area contributed by atoms with E-state index in [2.05, 4.69) is 0 Å². The van der Waals surface area contributed by atoms with E-state index in [1.54, 1.807) is 0 Å². The van der Waals surface area contributed by atoms with E-state index in [-0.39, 0.29) is 12.0 Å². The third-order valence-electron chi connectivity index (χ3n) is 1.54. The third kappa shape index (κ3) is 2.45. The largest absolute Gasteiger partial charge is 0.328 e. The number of hydrogen-bond acceptors (Lipinski definition) is 3. The molecule has 3 unspecified atom stereocenters. The van der Waals surface area contributed by atoms with Crippen molar-refractivity contribution in [2.45, 2.75) is 25.9 Å². The number of nitriles is 1. The van der Waals surface area contributed by atoms with Crippen molar-refractivity contribution in [2.24, 2.45) is 17.4 Å². The maximum Gasteiger partial charge on any atom is 0.0968 e. The van der Waals surface area contributed by atoms with Gasteiger partial charge in [0.05, 0.1) is 12.1 Å². The van der Waals surface area contributed by atoms with Gasteiger partial charge in [0.25, 0.3) is 0 Å². The van der Waals surface area contributed by atoms with E-state index >= 15 is 0 Å². The first-order chi connectivity index (χ1) is 4.09. The van der Waals surface area contributed by atoms with Gasteiger partial charge in [0.2, 0.25) is 0 Å². The molecular formula is C6H13N3. The average molecular weight is 127 g/mol. The Balaban J connectivity index is 3.76. The Morgan fingerprint density at radius 2 is 1.78 bits per heavy atom. The average Bonchev–Trinajstić information content (AvgIpc) is 1.84. The molecular weight excluding hydrogens is 114 g/mol. The lowest BCUT2D eigenvalue weighted by Gasteiger charge is -2.16. The van der Waals surface area contributed by atoms with Gasteiger partial charge < -0.3 is 11.5 Å². The Hall–Kier alpha value is -0.590. The summed E-state index contributed by atoms with van der Waals surface area (Å²) in [6.45, 7) is 3.72. The maximum absolute atomic E-state index is 8.32. The van der Waals surface area contributed by atoms with E-state index in [9.17, 15) is 0 Å². The zero-order valence-electron chi connectivity index (χ0n) is 5.83. The SMILES string of the molecule is CC(N)C(C)C(N)C#N. The van der Waals surface area contributed by atoms with Crippen LogP contribution in [0.2, 0.25) is 0 Å². The van der Waals surface area contributed by atoms with Gasteiger partial charge in [-0.3, -0.25) is 0 Å². The van der Waals surface area contributed by atoms with Gasteiger partial charge in [-0.25, -0.2) is 0 Å². The highest BCUT2D eigenvalue weighted by Gasteiger charge is 2.14. The summed E-state index contributed by atoms with van der Waals surface area (Å²) in [5.41, 5.74) is 10.9. The molecule has 3 atom stereocenters. The molecule has 0 aliphatic heterocycles. The predicted octanol–water partition coefficient (Wildman–Crippen LogP) is -0.179. The molecule has 0 fully saturated rings. The molecule has 0 saturated heterocycles. The topological polar surface area (TPSA) is 75.8 Å². The quantitative estimate of drug-likeness (QED) is 0.540. The summed E-state index contributed by atoms with van der Waals surface area (Å²) >= 11 is 0. The third-order valence-corrected chi connectivity index (χ3v) is 1.54. The van der Waals surface area contributed by atoms with Gasteiger partial charge in [-0.1, -0.05) is 6.92 Å². The van der Waals surface area contributed by atoms with Crippen LogP contribution < -0.4 is 11.5 Å². The Morgan fingerprint density at radius 3 is 1.89 bits per heavy atom. The second-order valence-corrected chi connectivity index (χ2v) is 2.37. The van der Waals surface area contributed by atoms with Crippen LogP contribution in [0, 0.1) is 17.2 Å². The lowest BCUT2D eigenvalue weighted by Crippen LogP contribution is -2.37. The minimum absolute atomic E-state index is 0.000324. The molecule has 0 aromatic carbocycles. The fourth-order valence-electron chi connectivity index (χ4n) is 0.445. The molecule has 3 nitrogen and oxygen atoms in total. The molecule has 0 radical (unpaired) electrons. The van der Waals surface area contributed by atoms with Crippen molar-refractivity contribution in [3.63, 3.8) is 0 Å². The second kappa shape index (κ2) is 3.44. The summed E-state index contributed by atoms with van der Waals surface area (Å²) in [4.78, 5) is 0. The van der Waals surface area contributed by atoms with E-state index in [1.807, 2.05) is 19.9 Å². The van der Waals surface area contributed by atoms with E-state index in [0.717, 1.165) is 0 Å². The standard InChI is InChI=1S/C6H13N3/c1-4(5(2)8)6(9)3-7/h4-6H,8-9H2,1-2H3. The van der Waals surface area contributed by atoms with Gasteiger partial charge in [-0.05, 0) is 12.8 Å². The number of nitrogens with zero attached hydrogens (tertiary/aromatic N) is 1. The molecule has 0 aliphatic rings. The summed E-state index contributed by atoms with van der Waals surface area (Å²) in [5, 5.41) is 8.32. The lowest BCUT2D eigenvalue weighted by atomic mass is 9.97. The van der Waals surface area contributed by atoms with Crippen molar-refractivity contribution in [3.05, 3.63) is 0 Å². The van der Waals surface area contributed by atoms with Crippen LogP contribution in [0.1, 0.15) is 13.8 Å². The number of nitrogens with two attached hydrogens (primary N) is 2. The first-order valence-electron chi connectivity index (χ1n) is 3.00. The Labute approximate surface area is 55.6 Å². The lowest BCUT2D eigenvalue weighted by molar-refractivity contribution is 0.446. The molecule has 52 valence electrons. The van der Waals surface area contributed by atoms with Crippen LogP contribution in [0.3, 0.4) is 0 Å². The summed E-state index contributed by atoms with van der Waals surface area (Å²) < 4.78 is 0. The molecule has 0 aromatic rings. The minimum atomic E-state index is -0.426. The van der Waals surface area contributed by atoms with Crippen molar-refractivity contribution < 1.29 is 0 Å². The summed E-state index contributed by atoms with van der Waals surface area (Å²) in [7, 11) is 0. The van der Waals surface area contributed by atoms with E-state index in [1.165, 1.54) is 0 Å². The fraction of sp³-hybridized carbons (Fsp3) is 0.833. The molecule has 0 bridgehead atoms. The van der Waals surface area contributed by atoms with Crippen LogP contribution in [0.25, 0.3) is 0 Å². The van der Waals surface area contributed by atoms with Gasteiger partial charge in [0.15, 0.2) is 0 Å². The van der Waals surface area contributed by atoms with Gasteiger partial charge in [0, 0.05) is 6.04 Å². The monoisotopic (exact) mass is 127 g/mol. The Kier molecular flexibility index (Phi) is 3.21. The van der Waals surface area contributed by atoms with E-state index in [4.69, 9.17) is 16.7 Å².